The largest absolute Gasteiger partial charge is 0.481 e. The van der Waals surface area contributed by atoms with Crippen molar-refractivity contribution in [3.05, 3.63) is 71.3 Å². The van der Waals surface area contributed by atoms with Gasteiger partial charge in [0.1, 0.15) is 48.3 Å². The maximum Gasteiger partial charge on any atom is 0.327 e. The van der Waals surface area contributed by atoms with Gasteiger partial charge in [0, 0.05) is 127 Å². The zero-order chi connectivity index (χ0) is 82.2. The second kappa shape index (κ2) is 55.0. The Labute approximate surface area is 676 Å². The number of hydrogen-bond acceptors (Lipinski definition) is 25. The molecule has 10 amide bonds. The van der Waals surface area contributed by atoms with Crippen LogP contribution in [0.3, 0.4) is 0 Å². The number of amides is 10. The number of aliphatic carboxylic acids is 2. The van der Waals surface area contributed by atoms with Crippen LogP contribution >= 0.6 is 23.5 Å². The van der Waals surface area contributed by atoms with Gasteiger partial charge in [-0.1, -0.05) is 81.3 Å². The summed E-state index contributed by atoms with van der Waals surface area (Å²) >= 11 is 2.59. The molecule has 0 spiro atoms. The number of hydrogen-bond donors (Lipinski definition) is 13. The van der Waals surface area contributed by atoms with E-state index < -0.39 is 120 Å². The Hall–Kier alpha value is -7.66. The number of carboxylic acid groups (broad SMARTS) is 2. The molecule has 37 heteroatoms. The van der Waals surface area contributed by atoms with Crippen LogP contribution in [-0.4, -0.2) is 332 Å². The highest BCUT2D eigenvalue weighted by molar-refractivity contribution is 7.98. The van der Waals surface area contributed by atoms with Crippen LogP contribution < -0.4 is 59.3 Å². The Balaban J connectivity index is 0.933. The quantitative estimate of drug-likeness (QED) is 0.0329. The number of nitrogens with zero attached hydrogens (tertiary/aromatic N) is 4. The van der Waals surface area contributed by atoms with Crippen molar-refractivity contribution in [1.29, 1.82) is 0 Å². The average Bonchev–Trinajstić information content (AvgIpc) is 1.64. The lowest BCUT2D eigenvalue weighted by molar-refractivity contribution is -0.148. The zero-order valence-corrected chi connectivity index (χ0v) is 67.7. The molecule has 2 bridgehead atoms. The highest BCUT2D eigenvalue weighted by Crippen LogP contribution is 2.28. The normalized spacial score (nSPS) is 21.0. The van der Waals surface area contributed by atoms with Gasteiger partial charge in [0.05, 0.1) is 91.7 Å². The van der Waals surface area contributed by atoms with E-state index in [1.165, 1.54) is 33.3 Å². The molecule has 0 unspecified atom stereocenters. The lowest BCUT2D eigenvalue weighted by Gasteiger charge is -2.36. The van der Waals surface area contributed by atoms with E-state index in [2.05, 4.69) is 47.9 Å². The molecular formula is C77H123N15O20S2. The van der Waals surface area contributed by atoms with Crippen molar-refractivity contribution >= 4 is 94.5 Å². The number of rotatable bonds is 45. The van der Waals surface area contributed by atoms with Gasteiger partial charge in [-0.25, -0.2) is 4.79 Å². The van der Waals surface area contributed by atoms with Crippen molar-refractivity contribution in [3.63, 3.8) is 0 Å². The average molecular weight is 1640 g/mol. The van der Waals surface area contributed by atoms with E-state index in [1.807, 2.05) is 41.0 Å². The number of ether oxygens (including phenoxy) is 6. The molecule has 6 rings (SSSR count). The van der Waals surface area contributed by atoms with E-state index in [0.29, 0.717) is 174 Å². The molecule has 3 fully saturated rings. The van der Waals surface area contributed by atoms with Gasteiger partial charge in [0.15, 0.2) is 0 Å². The minimum Gasteiger partial charge on any atom is -0.481 e. The Bertz CT molecular complexity index is 3290. The first kappa shape index (κ1) is 95.2. The van der Waals surface area contributed by atoms with Gasteiger partial charge < -0.3 is 113 Å². The monoisotopic (exact) mass is 1640 g/mol. The standard InChI is InChI=1S/C77H123N15O20S2/c1-3-5-16-59(83-66(93)21-33-107-35-37-109-39-41-111-43-44-112-42-40-110-38-36-108-34-26-82-67(94)49-89-29-31-90(32-30-89)74(102)57(47-80-24-22-78)48-81-25-23-79)70(98)87-62-52-113-50-55-14-9-15-56(45-55)51-114-53-63(77(105)106)88-72(100)61(46-54-12-7-6-8-13-54)86-71(99)60(19-20-68(95)96)85-69(97)58(4-2)84-73(101)64-17-10-27-91(64)76(104)65-18-11-28-92(65)75(62)103/h6-9,12-15,45,57-65,80-81H,3-5,10-11,16-44,46-53,78-79H2,1-2H3,(H,82,94)(H,83,93)(H,84,101)(H,85,97)(H,86,99)(H,87,98)(H,88,100)(H,95,96)(H,105,106)/t58-,59-,60-,61-,62-,63-,64-,65-/m0/s1. The molecule has 4 aliphatic rings. The smallest absolute Gasteiger partial charge is 0.327 e. The van der Waals surface area contributed by atoms with Crippen molar-refractivity contribution in [1.82, 2.24) is 67.5 Å². The highest BCUT2D eigenvalue weighted by Gasteiger charge is 2.45. The molecule has 4 aliphatic heterocycles. The molecule has 0 radical (unpaired) electrons. The third-order valence-electron chi connectivity index (χ3n) is 19.4. The second-order valence-corrected chi connectivity index (χ2v) is 30.3. The van der Waals surface area contributed by atoms with E-state index >= 15 is 4.79 Å². The molecule has 0 saturated carbocycles. The number of unbranched alkanes of at least 4 members (excludes halogenated alkanes) is 1. The Morgan fingerprint density at radius 1 is 0.579 bits per heavy atom. The summed E-state index contributed by atoms with van der Waals surface area (Å²) < 4.78 is 33.7. The molecule has 4 heterocycles. The topological polar surface area (TPSA) is 474 Å². The van der Waals surface area contributed by atoms with Crippen LogP contribution in [0.15, 0.2) is 54.6 Å². The number of carboxylic acids is 2. The number of fused-ring (bicyclic) bond motifs is 4. The van der Waals surface area contributed by atoms with E-state index in [1.54, 1.807) is 37.3 Å². The first-order valence-corrected chi connectivity index (χ1v) is 42.2. The molecule has 8 atom stereocenters. The summed E-state index contributed by atoms with van der Waals surface area (Å²) in [5, 5.41) is 45.7. The molecule has 0 aliphatic carbocycles. The van der Waals surface area contributed by atoms with Gasteiger partial charge >= 0.3 is 11.9 Å². The van der Waals surface area contributed by atoms with Crippen LogP contribution in [0.2, 0.25) is 0 Å². The number of benzene rings is 2. The van der Waals surface area contributed by atoms with Crippen molar-refractivity contribution in [3.8, 4) is 0 Å². The number of piperazine rings is 1. The maximum atomic E-state index is 15.1. The van der Waals surface area contributed by atoms with Gasteiger partial charge in [0.2, 0.25) is 59.1 Å². The van der Waals surface area contributed by atoms with Crippen molar-refractivity contribution < 1.29 is 96.2 Å². The third kappa shape index (κ3) is 35.4. The van der Waals surface area contributed by atoms with Gasteiger partial charge in [-0.2, -0.15) is 23.5 Å². The van der Waals surface area contributed by atoms with Crippen molar-refractivity contribution in [2.24, 2.45) is 17.4 Å². The molecule has 3 saturated heterocycles. The van der Waals surface area contributed by atoms with Crippen LogP contribution in [-0.2, 0) is 104 Å². The fraction of sp³-hybridized carbons (Fsp3) is 0.688. The fourth-order valence-electron chi connectivity index (χ4n) is 13.3. The molecule has 114 heavy (non-hydrogen) atoms. The molecule has 2 aromatic rings. The summed E-state index contributed by atoms with van der Waals surface area (Å²) in [6, 6.07) is 6.18. The molecule has 15 N–H and O–H groups in total. The molecule has 0 aromatic heterocycles. The van der Waals surface area contributed by atoms with E-state index in [4.69, 9.17) is 39.9 Å². The predicted octanol–water partition coefficient (Wildman–Crippen LogP) is -1.69. The lowest BCUT2D eigenvalue weighted by atomic mass is 10.0. The third-order valence-corrected chi connectivity index (χ3v) is 21.7. The number of nitrogens with one attached hydrogen (secondary N) is 9. The van der Waals surface area contributed by atoms with E-state index in [-0.39, 0.29) is 107 Å². The molecule has 638 valence electrons. The number of thioether (sulfide) groups is 2. The minimum atomic E-state index is -1.54. The Morgan fingerprint density at radius 2 is 1.12 bits per heavy atom. The van der Waals surface area contributed by atoms with Crippen molar-refractivity contribution in [2.45, 2.75) is 151 Å². The summed E-state index contributed by atoms with van der Waals surface area (Å²) in [6.07, 6.45) is 1.67. The van der Waals surface area contributed by atoms with Crippen LogP contribution in [0.1, 0.15) is 101 Å². The van der Waals surface area contributed by atoms with Gasteiger partial charge in [-0.15, -0.1) is 0 Å². The fourth-order valence-corrected chi connectivity index (χ4v) is 15.2. The zero-order valence-electron chi connectivity index (χ0n) is 66.1. The summed E-state index contributed by atoms with van der Waals surface area (Å²) in [5.74, 6) is -7.62. The maximum absolute atomic E-state index is 15.1. The predicted molar refractivity (Wildman–Crippen MR) is 427 cm³/mol. The van der Waals surface area contributed by atoms with Crippen LogP contribution in [0.5, 0.6) is 0 Å². The van der Waals surface area contributed by atoms with Gasteiger partial charge in [0.25, 0.3) is 0 Å². The van der Waals surface area contributed by atoms with Gasteiger partial charge in [-0.05, 0) is 61.6 Å². The molecule has 35 nitrogen and oxygen atoms in total. The lowest BCUT2D eigenvalue weighted by Crippen LogP contribution is -2.60. The van der Waals surface area contributed by atoms with Crippen LogP contribution in [0.25, 0.3) is 0 Å². The first-order chi connectivity index (χ1) is 55.2. The molecular weight excluding hydrogens is 1520 g/mol. The van der Waals surface area contributed by atoms with Crippen LogP contribution in [0, 0.1) is 5.92 Å². The summed E-state index contributed by atoms with van der Waals surface area (Å²) in [5.41, 5.74) is 13.5. The SMILES string of the molecule is CCCC[C@H](NC(=O)CCOCCOCCOCCOCCOCCOCCNC(=O)CN1CCN(C(=O)C(CNCCN)CNCCN)CC1)C(=O)N[C@H]1CSCc2cccc(c2)CSC[C@@H](C(=O)O)NC(=O)[C@H](Cc2ccccc2)NC(=O)[C@H](CCC(=O)O)NC(=O)[C@H](CC)NC(=O)[C@@H]2CCCN2C(=O)[C@@H]2CCCN2C1=O. The Morgan fingerprint density at radius 3 is 1.70 bits per heavy atom. The number of carbonyl (C=O) groups excluding carboxylic acids is 10. The molecule has 2 aromatic carbocycles. The van der Waals surface area contributed by atoms with E-state index in [9.17, 15) is 63.0 Å². The minimum absolute atomic E-state index is 0.000849. The second-order valence-electron chi connectivity index (χ2n) is 28.2. The Kier molecular flexibility index (Phi) is 46.0. The highest BCUT2D eigenvalue weighted by atomic mass is 32.2. The summed E-state index contributed by atoms with van der Waals surface area (Å²) in [4.78, 5) is 172. The summed E-state index contributed by atoms with van der Waals surface area (Å²) in [6.45, 7) is 13.6. The van der Waals surface area contributed by atoms with Gasteiger partial charge in [-0.3, -0.25) is 57.6 Å². The number of nitrogens with two attached hydrogens (primary N) is 2. The van der Waals surface area contributed by atoms with Crippen molar-refractivity contribution in [2.75, 3.05) is 182 Å². The summed E-state index contributed by atoms with van der Waals surface area (Å²) in [7, 11) is 0. The van der Waals surface area contributed by atoms with Crippen LogP contribution in [0.4, 0.5) is 0 Å². The number of carbonyl (C=O) groups is 12. The first-order valence-electron chi connectivity index (χ1n) is 39.9. The van der Waals surface area contributed by atoms with E-state index in [0.717, 1.165) is 11.1 Å².